The minimum atomic E-state index is 0.379. The fourth-order valence-corrected chi connectivity index (χ4v) is 2.43. The molecule has 0 aromatic carbocycles. The molecular weight excluding hydrogens is 196 g/mol. The van der Waals surface area contributed by atoms with E-state index in [0.717, 1.165) is 18.1 Å². The molecule has 1 unspecified atom stereocenters. The van der Waals surface area contributed by atoms with Gasteiger partial charge in [-0.25, -0.2) is 4.98 Å². The molecule has 2 rings (SSSR count). The molecule has 0 amide bonds. The van der Waals surface area contributed by atoms with Crippen LogP contribution in [0.15, 0.2) is 11.6 Å². The number of nitrogens with zero attached hydrogens (tertiary/aromatic N) is 2. The molecule has 1 aliphatic heterocycles. The monoisotopic (exact) mass is 212 g/mol. The van der Waals surface area contributed by atoms with Gasteiger partial charge in [0.2, 0.25) is 0 Å². The van der Waals surface area contributed by atoms with E-state index in [1.165, 1.54) is 0 Å². The van der Waals surface area contributed by atoms with E-state index in [2.05, 4.69) is 23.9 Å². The van der Waals surface area contributed by atoms with Crippen LogP contribution in [0.5, 0.6) is 0 Å². The summed E-state index contributed by atoms with van der Waals surface area (Å²) >= 11 is 1.66. The molecule has 1 saturated heterocycles. The van der Waals surface area contributed by atoms with Crippen molar-refractivity contribution >= 4 is 11.3 Å². The summed E-state index contributed by atoms with van der Waals surface area (Å²) in [5, 5.41) is 3.06. The van der Waals surface area contributed by atoms with Gasteiger partial charge in [0.25, 0.3) is 0 Å². The zero-order valence-electron chi connectivity index (χ0n) is 8.64. The van der Waals surface area contributed by atoms with Crippen LogP contribution in [0.4, 0.5) is 0 Å². The summed E-state index contributed by atoms with van der Waals surface area (Å²) in [6.07, 6.45) is 2.21. The molecular formula is C10H16N2OS. The van der Waals surface area contributed by atoms with Crippen LogP contribution in [0.25, 0.3) is 0 Å². The SMILES string of the molecule is CC1CN(C)C[C@@H]1OCc1nccs1. The van der Waals surface area contributed by atoms with Gasteiger partial charge in [0, 0.05) is 24.7 Å². The van der Waals surface area contributed by atoms with E-state index < -0.39 is 0 Å². The zero-order valence-corrected chi connectivity index (χ0v) is 9.46. The third-order valence-electron chi connectivity index (χ3n) is 2.63. The van der Waals surface area contributed by atoms with Gasteiger partial charge >= 0.3 is 0 Å². The first-order chi connectivity index (χ1) is 6.75. The van der Waals surface area contributed by atoms with Gasteiger partial charge in [-0.2, -0.15) is 0 Å². The Bertz CT molecular complexity index is 276. The van der Waals surface area contributed by atoms with Gasteiger partial charge in [-0.05, 0) is 13.0 Å². The fourth-order valence-electron chi connectivity index (χ4n) is 1.89. The van der Waals surface area contributed by atoms with Crippen molar-refractivity contribution < 1.29 is 4.74 Å². The highest BCUT2D eigenvalue weighted by Crippen LogP contribution is 2.19. The second kappa shape index (κ2) is 4.38. The van der Waals surface area contributed by atoms with E-state index in [1.807, 2.05) is 11.6 Å². The summed E-state index contributed by atoms with van der Waals surface area (Å²) in [7, 11) is 2.14. The smallest absolute Gasteiger partial charge is 0.118 e. The number of likely N-dealkylation sites (tertiary alicyclic amines) is 1. The molecule has 0 aliphatic carbocycles. The number of thiazole rings is 1. The number of ether oxygens (including phenoxy) is 1. The van der Waals surface area contributed by atoms with Gasteiger partial charge in [0.1, 0.15) is 5.01 Å². The lowest BCUT2D eigenvalue weighted by Gasteiger charge is -2.14. The highest BCUT2D eigenvalue weighted by Gasteiger charge is 2.27. The van der Waals surface area contributed by atoms with Crippen LogP contribution in [0.2, 0.25) is 0 Å². The van der Waals surface area contributed by atoms with Crippen molar-refractivity contribution in [2.75, 3.05) is 20.1 Å². The van der Waals surface area contributed by atoms with Crippen LogP contribution in [-0.2, 0) is 11.3 Å². The molecule has 2 atom stereocenters. The summed E-state index contributed by atoms with van der Waals surface area (Å²) in [5.74, 6) is 0.639. The molecule has 4 heteroatoms. The molecule has 3 nitrogen and oxygen atoms in total. The van der Waals surface area contributed by atoms with Gasteiger partial charge in [-0.1, -0.05) is 6.92 Å². The number of aromatic nitrogens is 1. The summed E-state index contributed by atoms with van der Waals surface area (Å²) in [6.45, 7) is 5.10. The topological polar surface area (TPSA) is 25.4 Å². The Morgan fingerprint density at radius 3 is 3.07 bits per heavy atom. The van der Waals surface area contributed by atoms with Crippen molar-refractivity contribution in [1.29, 1.82) is 0 Å². The highest BCUT2D eigenvalue weighted by atomic mass is 32.1. The van der Waals surface area contributed by atoms with Crippen LogP contribution >= 0.6 is 11.3 Å². The van der Waals surface area contributed by atoms with Crippen LogP contribution in [0, 0.1) is 5.92 Å². The Hall–Kier alpha value is -0.450. The average molecular weight is 212 g/mol. The van der Waals surface area contributed by atoms with Crippen molar-refractivity contribution in [3.8, 4) is 0 Å². The van der Waals surface area contributed by atoms with Crippen molar-refractivity contribution in [2.24, 2.45) is 5.92 Å². The van der Waals surface area contributed by atoms with E-state index in [9.17, 15) is 0 Å². The number of hydrogen-bond donors (Lipinski definition) is 0. The Labute approximate surface area is 88.7 Å². The zero-order chi connectivity index (χ0) is 9.97. The summed E-state index contributed by atoms with van der Waals surface area (Å²) in [5.41, 5.74) is 0. The molecule has 0 bridgehead atoms. The average Bonchev–Trinajstić information content (AvgIpc) is 2.72. The van der Waals surface area contributed by atoms with Crippen LogP contribution in [0.3, 0.4) is 0 Å². The summed E-state index contributed by atoms with van der Waals surface area (Å²) < 4.78 is 5.84. The van der Waals surface area contributed by atoms with E-state index >= 15 is 0 Å². The minimum Gasteiger partial charge on any atom is -0.369 e. The fraction of sp³-hybridized carbons (Fsp3) is 0.700. The van der Waals surface area contributed by atoms with Crippen molar-refractivity contribution in [2.45, 2.75) is 19.6 Å². The second-order valence-electron chi connectivity index (χ2n) is 3.97. The van der Waals surface area contributed by atoms with Crippen LogP contribution in [-0.4, -0.2) is 36.1 Å². The molecule has 0 radical (unpaired) electrons. The van der Waals surface area contributed by atoms with E-state index in [0.29, 0.717) is 18.6 Å². The third-order valence-corrected chi connectivity index (χ3v) is 3.38. The van der Waals surface area contributed by atoms with Crippen molar-refractivity contribution in [3.63, 3.8) is 0 Å². The molecule has 1 aromatic heterocycles. The predicted molar refractivity (Wildman–Crippen MR) is 57.4 cm³/mol. The van der Waals surface area contributed by atoms with Gasteiger partial charge in [0.05, 0.1) is 12.7 Å². The van der Waals surface area contributed by atoms with E-state index in [1.54, 1.807) is 11.3 Å². The lowest BCUT2D eigenvalue weighted by atomic mass is 10.1. The maximum absolute atomic E-state index is 5.84. The molecule has 0 N–H and O–H groups in total. The number of rotatable bonds is 3. The molecule has 0 saturated carbocycles. The van der Waals surface area contributed by atoms with Gasteiger partial charge in [-0.3, -0.25) is 0 Å². The normalized spacial score (nSPS) is 28.4. The largest absolute Gasteiger partial charge is 0.369 e. The minimum absolute atomic E-state index is 0.379. The predicted octanol–water partition coefficient (Wildman–Crippen LogP) is 1.61. The molecule has 78 valence electrons. The van der Waals surface area contributed by atoms with Crippen molar-refractivity contribution in [1.82, 2.24) is 9.88 Å². The third kappa shape index (κ3) is 2.32. The molecule has 1 aromatic rings. The Morgan fingerprint density at radius 1 is 1.64 bits per heavy atom. The lowest BCUT2D eigenvalue weighted by molar-refractivity contribution is 0.0270. The summed E-state index contributed by atoms with van der Waals surface area (Å²) in [6, 6.07) is 0. The summed E-state index contributed by atoms with van der Waals surface area (Å²) in [4.78, 5) is 6.52. The first-order valence-corrected chi connectivity index (χ1v) is 5.82. The lowest BCUT2D eigenvalue weighted by Crippen LogP contribution is -2.21. The van der Waals surface area contributed by atoms with Gasteiger partial charge < -0.3 is 9.64 Å². The molecule has 2 heterocycles. The molecule has 1 aliphatic rings. The first-order valence-electron chi connectivity index (χ1n) is 4.94. The Balaban J connectivity index is 1.81. The standard InChI is InChI=1S/C10H16N2OS/c1-8-5-12(2)6-9(8)13-7-10-11-3-4-14-10/h3-4,8-9H,5-7H2,1-2H3/t8?,9-/m0/s1. The van der Waals surface area contributed by atoms with Crippen molar-refractivity contribution in [3.05, 3.63) is 16.6 Å². The van der Waals surface area contributed by atoms with Crippen LogP contribution in [0.1, 0.15) is 11.9 Å². The van der Waals surface area contributed by atoms with E-state index in [4.69, 9.17) is 4.74 Å². The first kappa shape index (κ1) is 10.1. The quantitative estimate of drug-likeness (QED) is 0.761. The number of likely N-dealkylation sites (N-methyl/N-ethyl adjacent to an activating group) is 1. The molecule has 0 spiro atoms. The Kier molecular flexibility index (Phi) is 3.15. The maximum Gasteiger partial charge on any atom is 0.118 e. The van der Waals surface area contributed by atoms with Gasteiger partial charge in [-0.15, -0.1) is 11.3 Å². The second-order valence-corrected chi connectivity index (χ2v) is 4.95. The molecule has 1 fully saturated rings. The molecule has 14 heavy (non-hydrogen) atoms. The Morgan fingerprint density at radius 2 is 2.50 bits per heavy atom. The van der Waals surface area contributed by atoms with Gasteiger partial charge in [0.15, 0.2) is 0 Å². The van der Waals surface area contributed by atoms with E-state index in [-0.39, 0.29) is 0 Å². The number of hydrogen-bond acceptors (Lipinski definition) is 4. The van der Waals surface area contributed by atoms with Crippen LogP contribution < -0.4 is 0 Å². The maximum atomic E-state index is 5.84. The highest BCUT2D eigenvalue weighted by molar-refractivity contribution is 7.09.